The van der Waals surface area contributed by atoms with Crippen LogP contribution in [0.5, 0.6) is 0 Å². The van der Waals surface area contributed by atoms with E-state index in [4.69, 9.17) is 5.73 Å². The van der Waals surface area contributed by atoms with Gasteiger partial charge in [-0.3, -0.25) is 19.5 Å². The summed E-state index contributed by atoms with van der Waals surface area (Å²) in [6.07, 6.45) is 0.0762. The fourth-order valence-electron chi connectivity index (χ4n) is 1.08. The summed E-state index contributed by atoms with van der Waals surface area (Å²) in [6.45, 7) is 0. The molecule has 1 aliphatic heterocycles. The van der Waals surface area contributed by atoms with Crippen molar-refractivity contribution >= 4 is 28.7 Å². The van der Waals surface area contributed by atoms with Gasteiger partial charge in [-0.2, -0.15) is 0 Å². The molecule has 1 heterocycles. The van der Waals surface area contributed by atoms with Gasteiger partial charge in [0.05, 0.1) is 0 Å². The summed E-state index contributed by atoms with van der Waals surface area (Å²) < 4.78 is 0. The lowest BCUT2D eigenvalue weighted by molar-refractivity contribution is -0.127. The first-order valence-corrected chi connectivity index (χ1v) is 4.63. The van der Waals surface area contributed by atoms with E-state index in [9.17, 15) is 9.59 Å². The number of hydrogen-bond acceptors (Lipinski definition) is 4. The van der Waals surface area contributed by atoms with Gasteiger partial charge in [0.2, 0.25) is 11.8 Å². The lowest BCUT2D eigenvalue weighted by Crippen LogP contribution is -2.30. The normalized spacial score (nSPS) is 25.7. The summed E-state index contributed by atoms with van der Waals surface area (Å²) in [6, 6.07) is 0. The van der Waals surface area contributed by atoms with Gasteiger partial charge in [0.15, 0.2) is 5.17 Å². The highest BCUT2D eigenvalue weighted by Crippen LogP contribution is 2.27. The Labute approximate surface area is 80.4 Å². The van der Waals surface area contributed by atoms with Crippen LogP contribution in [0.2, 0.25) is 0 Å². The average Bonchev–Trinajstić information content (AvgIpc) is 2.32. The minimum absolute atomic E-state index is 0.0762. The van der Waals surface area contributed by atoms with Crippen molar-refractivity contribution in [2.75, 3.05) is 14.1 Å². The van der Waals surface area contributed by atoms with Gasteiger partial charge < -0.3 is 5.73 Å². The van der Waals surface area contributed by atoms with E-state index in [2.05, 4.69) is 4.99 Å². The Balaban J connectivity index is 2.72. The number of primary amides is 1. The molecule has 0 aliphatic carbocycles. The number of carbonyl (C=O) groups is 2. The third-order valence-electron chi connectivity index (χ3n) is 1.72. The average molecular weight is 201 g/mol. The number of thioether (sulfide) groups is 1. The molecule has 1 saturated heterocycles. The van der Waals surface area contributed by atoms with Crippen molar-refractivity contribution in [2.24, 2.45) is 10.7 Å². The molecule has 72 valence electrons. The van der Waals surface area contributed by atoms with Crippen LogP contribution in [-0.2, 0) is 9.59 Å². The highest BCUT2D eigenvalue weighted by molar-refractivity contribution is 8.15. The summed E-state index contributed by atoms with van der Waals surface area (Å²) in [5.74, 6) is -0.569. The van der Waals surface area contributed by atoms with Crippen molar-refractivity contribution in [2.45, 2.75) is 11.7 Å². The van der Waals surface area contributed by atoms with E-state index < -0.39 is 5.91 Å². The van der Waals surface area contributed by atoms with Gasteiger partial charge in [0, 0.05) is 20.5 Å². The molecule has 0 spiro atoms. The number of hydrogen-bond donors (Lipinski definition) is 1. The quantitative estimate of drug-likeness (QED) is 0.649. The third kappa shape index (κ3) is 2.00. The van der Waals surface area contributed by atoms with Gasteiger partial charge in [0.1, 0.15) is 5.25 Å². The lowest BCUT2D eigenvalue weighted by Gasteiger charge is -2.06. The molecule has 0 saturated carbocycles. The molecule has 1 fully saturated rings. The number of aliphatic imine (C=N–C) groups is 1. The molecule has 5 nitrogen and oxygen atoms in total. The fraction of sp³-hybridized carbons (Fsp3) is 0.571. The maximum atomic E-state index is 11.4. The summed E-state index contributed by atoms with van der Waals surface area (Å²) in [5.41, 5.74) is 5.00. The molecule has 1 atom stereocenters. The van der Waals surface area contributed by atoms with Gasteiger partial charge in [0.25, 0.3) is 0 Å². The first-order valence-electron chi connectivity index (χ1n) is 3.75. The predicted molar refractivity (Wildman–Crippen MR) is 51.3 cm³/mol. The Kier molecular flexibility index (Phi) is 2.92. The van der Waals surface area contributed by atoms with Crippen molar-refractivity contribution in [3.63, 3.8) is 0 Å². The first kappa shape index (κ1) is 10.0. The minimum atomic E-state index is -0.461. The molecule has 1 rings (SSSR count). The van der Waals surface area contributed by atoms with Gasteiger partial charge in [-0.25, -0.2) is 0 Å². The van der Waals surface area contributed by atoms with Crippen LogP contribution in [-0.4, -0.2) is 41.2 Å². The molecule has 0 aromatic heterocycles. The van der Waals surface area contributed by atoms with Gasteiger partial charge >= 0.3 is 0 Å². The molecule has 6 heteroatoms. The summed E-state index contributed by atoms with van der Waals surface area (Å²) >= 11 is 1.28. The van der Waals surface area contributed by atoms with Crippen LogP contribution in [0.1, 0.15) is 6.42 Å². The molecule has 0 aromatic rings. The Bertz CT molecular complexity index is 277. The van der Waals surface area contributed by atoms with Crippen molar-refractivity contribution in [1.29, 1.82) is 0 Å². The smallest absolute Gasteiger partial charge is 0.242 e. The monoisotopic (exact) mass is 201 g/mol. The molecular formula is C7H11N3O2S. The fourth-order valence-corrected chi connectivity index (χ4v) is 2.20. The summed E-state index contributed by atoms with van der Waals surface area (Å²) in [5, 5.41) is 0.248. The van der Waals surface area contributed by atoms with E-state index in [1.165, 1.54) is 16.7 Å². The molecule has 2 N–H and O–H groups in total. The largest absolute Gasteiger partial charge is 0.370 e. The van der Waals surface area contributed by atoms with Crippen LogP contribution in [0.4, 0.5) is 0 Å². The van der Waals surface area contributed by atoms with E-state index in [1.54, 1.807) is 14.1 Å². The number of amidine groups is 1. The minimum Gasteiger partial charge on any atom is -0.370 e. The van der Waals surface area contributed by atoms with E-state index in [0.29, 0.717) is 5.17 Å². The van der Waals surface area contributed by atoms with Gasteiger partial charge in [-0.15, -0.1) is 0 Å². The molecular weight excluding hydrogens is 190 g/mol. The van der Waals surface area contributed by atoms with Crippen LogP contribution in [0.15, 0.2) is 4.99 Å². The van der Waals surface area contributed by atoms with Crippen LogP contribution in [0, 0.1) is 0 Å². The van der Waals surface area contributed by atoms with E-state index >= 15 is 0 Å². The predicted octanol–water partition coefficient (Wildman–Crippen LogP) is -0.579. The summed E-state index contributed by atoms with van der Waals surface area (Å²) in [7, 11) is 3.25. The molecule has 1 unspecified atom stereocenters. The number of amides is 2. The van der Waals surface area contributed by atoms with Crippen LogP contribution < -0.4 is 5.73 Å². The second-order valence-electron chi connectivity index (χ2n) is 2.68. The van der Waals surface area contributed by atoms with Crippen molar-refractivity contribution in [3.8, 4) is 0 Å². The maximum absolute atomic E-state index is 11.4. The maximum Gasteiger partial charge on any atom is 0.242 e. The number of rotatable bonds is 2. The Morgan fingerprint density at radius 3 is 2.77 bits per heavy atom. The standard InChI is InChI=1S/C7H11N3O2S/c1-9-7-10(2)6(12)4(13-7)3-5(8)11/h4H,3H2,1-2H3,(H2,8,11). The summed E-state index contributed by atoms with van der Waals surface area (Å²) in [4.78, 5) is 27.4. The zero-order chi connectivity index (χ0) is 10.0. The third-order valence-corrected chi connectivity index (χ3v) is 3.04. The lowest BCUT2D eigenvalue weighted by atomic mass is 10.3. The Morgan fingerprint density at radius 2 is 2.38 bits per heavy atom. The molecule has 2 amide bonds. The van der Waals surface area contributed by atoms with E-state index in [-0.39, 0.29) is 17.6 Å². The van der Waals surface area contributed by atoms with Crippen LogP contribution in [0.25, 0.3) is 0 Å². The molecule has 0 aromatic carbocycles. The molecule has 0 bridgehead atoms. The van der Waals surface area contributed by atoms with Crippen LogP contribution in [0.3, 0.4) is 0 Å². The number of nitrogens with two attached hydrogens (primary N) is 1. The van der Waals surface area contributed by atoms with Crippen molar-refractivity contribution in [3.05, 3.63) is 0 Å². The SMILES string of the molecule is CN=C1SC(CC(N)=O)C(=O)N1C. The van der Waals surface area contributed by atoms with Gasteiger partial charge in [-0.05, 0) is 0 Å². The topological polar surface area (TPSA) is 75.8 Å². The zero-order valence-corrected chi connectivity index (χ0v) is 8.30. The second-order valence-corrected chi connectivity index (χ2v) is 3.85. The number of carbonyl (C=O) groups excluding carboxylic acids is 2. The number of nitrogens with zero attached hydrogens (tertiary/aromatic N) is 2. The Hall–Kier alpha value is -1.04. The van der Waals surface area contributed by atoms with E-state index in [0.717, 1.165) is 0 Å². The molecule has 13 heavy (non-hydrogen) atoms. The Morgan fingerprint density at radius 1 is 1.77 bits per heavy atom. The second kappa shape index (κ2) is 3.78. The highest BCUT2D eigenvalue weighted by atomic mass is 32.2. The van der Waals surface area contributed by atoms with Gasteiger partial charge in [-0.1, -0.05) is 11.8 Å². The van der Waals surface area contributed by atoms with E-state index in [1.807, 2.05) is 0 Å². The highest BCUT2D eigenvalue weighted by Gasteiger charge is 2.35. The van der Waals surface area contributed by atoms with Crippen molar-refractivity contribution < 1.29 is 9.59 Å². The molecule has 1 aliphatic rings. The first-order chi connectivity index (χ1) is 6.06. The van der Waals surface area contributed by atoms with Crippen molar-refractivity contribution in [1.82, 2.24) is 4.90 Å². The molecule has 0 radical (unpaired) electrons. The zero-order valence-electron chi connectivity index (χ0n) is 7.48. The van der Waals surface area contributed by atoms with Crippen LogP contribution >= 0.6 is 11.8 Å².